The zero-order valence-electron chi connectivity index (χ0n) is 24.4. The molecule has 0 bridgehead atoms. The van der Waals surface area contributed by atoms with Gasteiger partial charge in [0.15, 0.2) is 0 Å². The Morgan fingerprint density at radius 1 is 0.513 bits per heavy atom. The molecular formula is C38H46O. The van der Waals surface area contributed by atoms with Crippen LogP contribution in [0.2, 0.25) is 0 Å². The molecule has 1 atom stereocenters. The topological polar surface area (TPSA) is 20.2 Å². The Bertz CT molecular complexity index is 1280. The van der Waals surface area contributed by atoms with E-state index in [4.69, 9.17) is 0 Å². The predicted octanol–water partition coefficient (Wildman–Crippen LogP) is 10.2. The van der Waals surface area contributed by atoms with Crippen molar-refractivity contribution in [3.05, 3.63) is 125 Å². The highest BCUT2D eigenvalue weighted by Crippen LogP contribution is 2.31. The van der Waals surface area contributed by atoms with Crippen molar-refractivity contribution in [2.75, 3.05) is 0 Å². The number of hydrogen-bond acceptors (Lipinski definition) is 1. The van der Waals surface area contributed by atoms with Gasteiger partial charge in [-0.1, -0.05) is 113 Å². The third-order valence-corrected chi connectivity index (χ3v) is 7.86. The van der Waals surface area contributed by atoms with E-state index >= 15 is 0 Å². The number of benzene rings is 4. The second-order valence-corrected chi connectivity index (χ2v) is 12.1. The fourth-order valence-corrected chi connectivity index (χ4v) is 5.33. The molecule has 0 heterocycles. The first-order valence-corrected chi connectivity index (χ1v) is 14.9. The molecule has 1 nitrogen and oxygen atoms in total. The van der Waals surface area contributed by atoms with Crippen LogP contribution in [0.3, 0.4) is 0 Å². The molecule has 0 saturated heterocycles. The summed E-state index contributed by atoms with van der Waals surface area (Å²) in [5, 5.41) is 9.72. The normalized spacial score (nSPS) is 12.3. The van der Waals surface area contributed by atoms with Crippen molar-refractivity contribution >= 4 is 0 Å². The van der Waals surface area contributed by atoms with Crippen LogP contribution in [0.5, 0.6) is 5.75 Å². The molecule has 0 aromatic heterocycles. The molecule has 4 rings (SSSR count). The highest BCUT2D eigenvalue weighted by Gasteiger charge is 2.15. The lowest BCUT2D eigenvalue weighted by Crippen LogP contribution is -2.06. The molecular weight excluding hydrogens is 472 g/mol. The van der Waals surface area contributed by atoms with Crippen LogP contribution in [0, 0.1) is 11.8 Å². The van der Waals surface area contributed by atoms with E-state index in [1.54, 1.807) is 12.1 Å². The molecule has 0 saturated carbocycles. The summed E-state index contributed by atoms with van der Waals surface area (Å²) in [6.45, 7) is 9.19. The first kappa shape index (κ1) is 28.7. The zero-order chi connectivity index (χ0) is 27.6. The Kier molecular flexibility index (Phi) is 10.4. The van der Waals surface area contributed by atoms with Crippen molar-refractivity contribution in [3.63, 3.8) is 0 Å². The molecule has 0 aliphatic carbocycles. The van der Waals surface area contributed by atoms with E-state index in [1.807, 2.05) is 0 Å². The maximum absolute atomic E-state index is 9.72. The molecule has 1 heteroatoms. The van der Waals surface area contributed by atoms with Gasteiger partial charge in [0.2, 0.25) is 0 Å². The van der Waals surface area contributed by atoms with Gasteiger partial charge in [0, 0.05) is 0 Å². The molecule has 4 aromatic rings. The van der Waals surface area contributed by atoms with Gasteiger partial charge in [-0.05, 0) is 114 Å². The van der Waals surface area contributed by atoms with Gasteiger partial charge < -0.3 is 5.11 Å². The van der Waals surface area contributed by atoms with Gasteiger partial charge in [0.1, 0.15) is 5.75 Å². The Hall–Kier alpha value is -3.32. The lowest BCUT2D eigenvalue weighted by Gasteiger charge is -2.20. The van der Waals surface area contributed by atoms with Gasteiger partial charge in [0.25, 0.3) is 0 Å². The van der Waals surface area contributed by atoms with E-state index < -0.39 is 0 Å². The third kappa shape index (κ3) is 9.13. The first-order chi connectivity index (χ1) is 18.9. The minimum atomic E-state index is 0.330. The van der Waals surface area contributed by atoms with Crippen molar-refractivity contribution in [1.29, 1.82) is 0 Å². The van der Waals surface area contributed by atoms with E-state index in [9.17, 15) is 5.11 Å². The van der Waals surface area contributed by atoms with Crippen LogP contribution in [0.25, 0.3) is 11.1 Å². The standard InChI is InChI=1S/C38H46O/c1-28(2)11-13-30-15-20-34(21-16-30)35-9-6-10-36(27-35)37(22-17-31-18-23-38(39)24-19-31)26-33-8-5-7-32(25-33)14-12-29(3)4/h5-10,15-16,18-21,23-25,27-29,37,39H,11-14,17,22,26H2,1-4H3. The Morgan fingerprint density at radius 3 is 1.74 bits per heavy atom. The highest BCUT2D eigenvalue weighted by atomic mass is 16.3. The van der Waals surface area contributed by atoms with Gasteiger partial charge in [-0.15, -0.1) is 0 Å². The quantitative estimate of drug-likeness (QED) is 0.187. The van der Waals surface area contributed by atoms with Crippen molar-refractivity contribution in [1.82, 2.24) is 0 Å². The molecule has 0 spiro atoms. The summed E-state index contributed by atoms with van der Waals surface area (Å²) in [4.78, 5) is 0. The molecule has 0 amide bonds. The molecule has 0 fully saturated rings. The second-order valence-electron chi connectivity index (χ2n) is 12.1. The Labute approximate surface area is 237 Å². The van der Waals surface area contributed by atoms with E-state index in [1.165, 1.54) is 51.8 Å². The van der Waals surface area contributed by atoms with E-state index in [-0.39, 0.29) is 0 Å². The third-order valence-electron chi connectivity index (χ3n) is 7.86. The smallest absolute Gasteiger partial charge is 0.115 e. The van der Waals surface area contributed by atoms with Gasteiger partial charge in [0.05, 0.1) is 0 Å². The van der Waals surface area contributed by atoms with Crippen molar-refractivity contribution in [3.8, 4) is 16.9 Å². The minimum absolute atomic E-state index is 0.330. The van der Waals surface area contributed by atoms with Crippen LogP contribution < -0.4 is 0 Å². The van der Waals surface area contributed by atoms with Gasteiger partial charge in [-0.2, -0.15) is 0 Å². The molecule has 0 radical (unpaired) electrons. The molecule has 39 heavy (non-hydrogen) atoms. The monoisotopic (exact) mass is 518 g/mol. The maximum atomic E-state index is 9.72. The van der Waals surface area contributed by atoms with Crippen LogP contribution in [0.4, 0.5) is 0 Å². The summed E-state index contributed by atoms with van der Waals surface area (Å²) in [7, 11) is 0. The maximum Gasteiger partial charge on any atom is 0.115 e. The lowest BCUT2D eigenvalue weighted by atomic mass is 9.85. The number of phenolic OH excluding ortho intramolecular Hbond substituents is 1. The summed E-state index contributed by atoms with van der Waals surface area (Å²) in [6.07, 6.45) is 7.85. The summed E-state index contributed by atoms with van der Waals surface area (Å²) in [5.74, 6) is 2.20. The van der Waals surface area contributed by atoms with Gasteiger partial charge >= 0.3 is 0 Å². The molecule has 4 aromatic carbocycles. The SMILES string of the molecule is CC(C)CCc1ccc(-c2cccc(C(CCc3ccc(O)cc3)Cc3cccc(CCC(C)C)c3)c2)cc1. The Morgan fingerprint density at radius 2 is 1.08 bits per heavy atom. The number of aryl methyl sites for hydroxylation is 3. The van der Waals surface area contributed by atoms with Crippen LogP contribution >= 0.6 is 0 Å². The van der Waals surface area contributed by atoms with E-state index in [2.05, 4.69) is 113 Å². The minimum Gasteiger partial charge on any atom is -0.508 e. The molecule has 204 valence electrons. The molecule has 1 unspecified atom stereocenters. The lowest BCUT2D eigenvalue weighted by molar-refractivity contribution is 0.475. The van der Waals surface area contributed by atoms with Crippen molar-refractivity contribution in [2.24, 2.45) is 11.8 Å². The van der Waals surface area contributed by atoms with Gasteiger partial charge in [-0.25, -0.2) is 0 Å². The summed E-state index contributed by atoms with van der Waals surface area (Å²) in [5.41, 5.74) is 9.56. The van der Waals surface area contributed by atoms with Crippen molar-refractivity contribution < 1.29 is 5.11 Å². The zero-order valence-corrected chi connectivity index (χ0v) is 24.4. The Balaban J connectivity index is 1.56. The van der Waals surface area contributed by atoms with Gasteiger partial charge in [-0.3, -0.25) is 0 Å². The summed E-state index contributed by atoms with van der Waals surface area (Å²) in [6, 6.07) is 35.3. The predicted molar refractivity (Wildman–Crippen MR) is 168 cm³/mol. The largest absolute Gasteiger partial charge is 0.508 e. The van der Waals surface area contributed by atoms with Crippen LogP contribution in [0.15, 0.2) is 97.1 Å². The van der Waals surface area contributed by atoms with Crippen LogP contribution in [-0.2, 0) is 25.7 Å². The summed E-state index contributed by atoms with van der Waals surface area (Å²) < 4.78 is 0. The molecule has 0 aliphatic rings. The highest BCUT2D eigenvalue weighted by molar-refractivity contribution is 5.64. The number of aromatic hydroxyl groups is 1. The average Bonchev–Trinajstić information content (AvgIpc) is 2.94. The fourth-order valence-electron chi connectivity index (χ4n) is 5.33. The number of hydrogen-bond donors (Lipinski definition) is 1. The molecule has 0 aliphatic heterocycles. The van der Waals surface area contributed by atoms with E-state index in [0.717, 1.165) is 43.9 Å². The first-order valence-electron chi connectivity index (χ1n) is 14.9. The van der Waals surface area contributed by atoms with Crippen molar-refractivity contribution in [2.45, 2.75) is 78.6 Å². The summed E-state index contributed by atoms with van der Waals surface area (Å²) >= 11 is 0. The second kappa shape index (κ2) is 14.2. The fraction of sp³-hybridized carbons (Fsp3) is 0.368. The van der Waals surface area contributed by atoms with Crippen LogP contribution in [-0.4, -0.2) is 5.11 Å². The van der Waals surface area contributed by atoms with E-state index in [0.29, 0.717) is 11.7 Å². The number of phenols is 1. The van der Waals surface area contributed by atoms with Crippen LogP contribution in [0.1, 0.15) is 80.7 Å². The average molecular weight is 519 g/mol. The number of rotatable bonds is 13. The molecule has 1 N–H and O–H groups in total.